The molecule has 2 aromatic carbocycles. The largest absolute Gasteiger partial charge is 0.494 e. The lowest BCUT2D eigenvalue weighted by atomic mass is 10.1. The highest BCUT2D eigenvalue weighted by Crippen LogP contribution is 2.35. The molecule has 0 aliphatic heterocycles. The number of carbonyl (C=O) groups excluding carboxylic acids is 1. The maximum Gasteiger partial charge on any atom is 0.296 e. The maximum atomic E-state index is 11.4. The van der Waals surface area contributed by atoms with Gasteiger partial charge in [-0.15, -0.1) is 0 Å². The van der Waals surface area contributed by atoms with E-state index < -0.39 is 42.0 Å². The molecule has 0 atom stereocenters. The van der Waals surface area contributed by atoms with E-state index in [1.165, 1.54) is 19.2 Å². The molecular formula is C18H20N6O8S. The molecule has 0 aliphatic carbocycles. The van der Waals surface area contributed by atoms with Crippen molar-refractivity contribution in [2.45, 2.75) is 4.90 Å². The Morgan fingerprint density at radius 1 is 1.06 bits per heavy atom. The van der Waals surface area contributed by atoms with Crippen LogP contribution in [0.3, 0.4) is 0 Å². The summed E-state index contributed by atoms with van der Waals surface area (Å²) in [5, 5.41) is 33.1. The highest BCUT2D eigenvalue weighted by Gasteiger charge is 2.22. The van der Waals surface area contributed by atoms with Gasteiger partial charge in [-0.2, -0.15) is 0 Å². The number of nitrogens with two attached hydrogens (primary N) is 2. The minimum absolute atomic E-state index is 0.0410. The molecular weight excluding hydrogens is 460 g/mol. The monoisotopic (exact) mass is 480 g/mol. The predicted molar refractivity (Wildman–Crippen MR) is 119 cm³/mol. The Hall–Kier alpha value is -4.24. The Morgan fingerprint density at radius 3 is 2.18 bits per heavy atom. The number of nitro groups is 2. The van der Waals surface area contributed by atoms with E-state index in [9.17, 15) is 33.4 Å². The Morgan fingerprint density at radius 2 is 1.67 bits per heavy atom. The molecule has 0 radical (unpaired) electrons. The summed E-state index contributed by atoms with van der Waals surface area (Å²) < 4.78 is 27.9. The van der Waals surface area contributed by atoms with E-state index in [2.05, 4.69) is 10.6 Å². The number of rotatable bonds is 11. The minimum Gasteiger partial charge on any atom is -0.494 e. The van der Waals surface area contributed by atoms with E-state index in [0.29, 0.717) is 0 Å². The van der Waals surface area contributed by atoms with Crippen molar-refractivity contribution in [2.75, 3.05) is 30.8 Å². The molecule has 0 fully saturated rings. The number of carbonyl (C=O) groups is 1. The third-order valence-electron chi connectivity index (χ3n) is 4.25. The van der Waals surface area contributed by atoms with E-state index in [1.54, 1.807) is 12.2 Å². The lowest BCUT2D eigenvalue weighted by Gasteiger charge is -2.11. The normalized spacial score (nSPS) is 11.2. The standard InChI is InChI=1S/C18H20N6O8S/c1-32-16-9-11(18(19)25)8-15(24(28)29)17(16)22-7-3-2-6-21-13-5-4-12(33(20,30)31)10-14(13)23(26)27/h2-5,8-10,21-22H,6-7H2,1H3,(H2,19,25)(H2,20,30,31)/b3-2+. The number of nitrogens with zero attached hydrogens (tertiary/aromatic N) is 2. The molecule has 15 heteroatoms. The van der Waals surface area contributed by atoms with Crippen molar-refractivity contribution in [3.63, 3.8) is 0 Å². The first-order chi connectivity index (χ1) is 15.5. The molecule has 2 aromatic rings. The van der Waals surface area contributed by atoms with Crippen LogP contribution in [0.4, 0.5) is 22.7 Å². The summed E-state index contributed by atoms with van der Waals surface area (Å²) in [6.45, 7) is 0.234. The van der Waals surface area contributed by atoms with Crippen molar-refractivity contribution >= 4 is 38.7 Å². The van der Waals surface area contributed by atoms with Crippen molar-refractivity contribution in [3.05, 3.63) is 68.3 Å². The fraction of sp³-hybridized carbons (Fsp3) is 0.167. The molecule has 33 heavy (non-hydrogen) atoms. The van der Waals surface area contributed by atoms with Gasteiger partial charge in [0.15, 0.2) is 5.69 Å². The first kappa shape index (κ1) is 25.0. The van der Waals surface area contributed by atoms with Gasteiger partial charge < -0.3 is 21.1 Å². The zero-order valence-electron chi connectivity index (χ0n) is 17.2. The van der Waals surface area contributed by atoms with Crippen LogP contribution in [0.1, 0.15) is 10.4 Å². The summed E-state index contributed by atoms with van der Waals surface area (Å²) in [5.74, 6) is -0.796. The zero-order valence-corrected chi connectivity index (χ0v) is 18.0. The van der Waals surface area contributed by atoms with Gasteiger partial charge in [0, 0.05) is 30.8 Å². The number of sulfonamides is 1. The molecule has 0 spiro atoms. The smallest absolute Gasteiger partial charge is 0.296 e. The number of hydrogen-bond donors (Lipinski definition) is 4. The molecule has 0 saturated carbocycles. The number of primary sulfonamides is 1. The van der Waals surface area contributed by atoms with Crippen molar-refractivity contribution in [3.8, 4) is 5.75 Å². The second kappa shape index (κ2) is 10.4. The summed E-state index contributed by atoms with van der Waals surface area (Å²) in [6.07, 6.45) is 3.17. The molecule has 0 aliphatic rings. The lowest BCUT2D eigenvalue weighted by Crippen LogP contribution is -2.13. The van der Waals surface area contributed by atoms with Crippen LogP contribution in [0.15, 0.2) is 47.4 Å². The summed E-state index contributed by atoms with van der Waals surface area (Å²) >= 11 is 0. The van der Waals surface area contributed by atoms with E-state index in [-0.39, 0.29) is 35.8 Å². The van der Waals surface area contributed by atoms with Gasteiger partial charge in [-0.1, -0.05) is 12.2 Å². The number of nitro benzene ring substituents is 2. The maximum absolute atomic E-state index is 11.4. The first-order valence-electron chi connectivity index (χ1n) is 9.06. The van der Waals surface area contributed by atoms with Gasteiger partial charge in [-0.3, -0.25) is 25.0 Å². The van der Waals surface area contributed by atoms with Gasteiger partial charge in [-0.05, 0) is 18.2 Å². The third-order valence-corrected chi connectivity index (χ3v) is 5.16. The Bertz CT molecular complexity index is 1230. The van der Waals surface area contributed by atoms with Crippen LogP contribution in [0, 0.1) is 20.2 Å². The number of anilines is 2. The number of methoxy groups -OCH3 is 1. The fourth-order valence-electron chi connectivity index (χ4n) is 2.71. The number of ether oxygens (including phenoxy) is 1. The average molecular weight is 480 g/mol. The van der Waals surface area contributed by atoms with E-state index in [4.69, 9.17) is 15.6 Å². The Balaban J connectivity index is 2.09. The highest BCUT2D eigenvalue weighted by atomic mass is 32.2. The fourth-order valence-corrected chi connectivity index (χ4v) is 3.24. The molecule has 0 unspecified atom stereocenters. The molecule has 1 amide bonds. The SMILES string of the molecule is COc1cc(C(N)=O)cc([N+](=O)[O-])c1NC/C=C/CNc1ccc(S(N)(=O)=O)cc1[N+](=O)[O-]. The zero-order chi connectivity index (χ0) is 24.8. The first-order valence-corrected chi connectivity index (χ1v) is 10.6. The van der Waals surface area contributed by atoms with Crippen LogP contribution in [0.2, 0.25) is 0 Å². The second-order valence-corrected chi connectivity index (χ2v) is 7.97. The van der Waals surface area contributed by atoms with Crippen LogP contribution in [-0.4, -0.2) is 44.4 Å². The van der Waals surface area contributed by atoms with Gasteiger partial charge in [0.05, 0.1) is 21.9 Å². The molecule has 0 aromatic heterocycles. The van der Waals surface area contributed by atoms with Gasteiger partial charge >= 0.3 is 0 Å². The summed E-state index contributed by atoms with van der Waals surface area (Å²) in [4.78, 5) is 32.1. The van der Waals surface area contributed by atoms with Crippen LogP contribution in [0.25, 0.3) is 0 Å². The van der Waals surface area contributed by atoms with Crippen LogP contribution in [-0.2, 0) is 10.0 Å². The van der Waals surface area contributed by atoms with E-state index >= 15 is 0 Å². The summed E-state index contributed by atoms with van der Waals surface area (Å²) in [7, 11) is -2.82. The van der Waals surface area contributed by atoms with Crippen LogP contribution >= 0.6 is 0 Å². The van der Waals surface area contributed by atoms with Crippen LogP contribution < -0.4 is 26.2 Å². The quantitative estimate of drug-likeness (QED) is 0.205. The van der Waals surface area contributed by atoms with Crippen molar-refractivity contribution in [2.24, 2.45) is 10.9 Å². The number of primary amides is 1. The van der Waals surface area contributed by atoms with Crippen LogP contribution in [0.5, 0.6) is 5.75 Å². The molecule has 6 N–H and O–H groups in total. The third kappa shape index (κ3) is 6.37. The highest BCUT2D eigenvalue weighted by molar-refractivity contribution is 7.89. The van der Waals surface area contributed by atoms with E-state index in [0.717, 1.165) is 18.2 Å². The van der Waals surface area contributed by atoms with Gasteiger partial charge in [0.2, 0.25) is 15.9 Å². The van der Waals surface area contributed by atoms with Crippen molar-refractivity contribution < 1.29 is 27.8 Å². The van der Waals surface area contributed by atoms with Gasteiger partial charge in [-0.25, -0.2) is 13.6 Å². The van der Waals surface area contributed by atoms with Crippen molar-refractivity contribution in [1.82, 2.24) is 0 Å². The molecule has 0 saturated heterocycles. The topological polar surface area (TPSA) is 223 Å². The van der Waals surface area contributed by atoms with Gasteiger partial charge in [0.1, 0.15) is 11.4 Å². The minimum atomic E-state index is -4.10. The van der Waals surface area contributed by atoms with E-state index in [1.807, 2.05) is 0 Å². The van der Waals surface area contributed by atoms with Gasteiger partial charge in [0.25, 0.3) is 11.4 Å². The average Bonchev–Trinajstić information content (AvgIpc) is 2.74. The Kier molecular flexibility index (Phi) is 7.87. The molecule has 0 heterocycles. The lowest BCUT2D eigenvalue weighted by molar-refractivity contribution is -0.384. The predicted octanol–water partition coefficient (Wildman–Crippen LogP) is 1.34. The molecule has 14 nitrogen and oxygen atoms in total. The molecule has 176 valence electrons. The number of nitrogens with one attached hydrogen (secondary N) is 2. The molecule has 0 bridgehead atoms. The molecule has 2 rings (SSSR count). The van der Waals surface area contributed by atoms with Crippen molar-refractivity contribution in [1.29, 1.82) is 0 Å². The number of amides is 1. The second-order valence-electron chi connectivity index (χ2n) is 6.41. The summed E-state index contributed by atoms with van der Waals surface area (Å²) in [6, 6.07) is 5.51. The summed E-state index contributed by atoms with van der Waals surface area (Å²) in [5.41, 5.74) is 4.34. The number of hydrogen-bond acceptors (Lipinski definition) is 10. The Labute approximate surface area is 187 Å². The number of benzene rings is 2.